The Morgan fingerprint density at radius 3 is 1.47 bits per heavy atom. The van der Waals surface area contributed by atoms with Crippen LogP contribution >= 0.6 is 0 Å². The molecule has 0 radical (unpaired) electrons. The minimum Gasteiger partial charge on any atom is -0.458 e. The van der Waals surface area contributed by atoms with Gasteiger partial charge in [0.05, 0.1) is 36.9 Å². The highest BCUT2D eigenvalue weighted by Crippen LogP contribution is 2.29. The average molecular weight is 501 g/mol. The van der Waals surface area contributed by atoms with Crippen molar-refractivity contribution in [1.82, 2.24) is 19.1 Å². The van der Waals surface area contributed by atoms with Crippen LogP contribution in [0.5, 0.6) is 23.0 Å². The molecule has 38 heavy (non-hydrogen) atoms. The smallest absolute Gasteiger partial charge is 0.243 e. The molecule has 0 aliphatic carbocycles. The maximum atomic E-state index is 6.15. The van der Waals surface area contributed by atoms with Crippen molar-refractivity contribution < 1.29 is 18.6 Å². The van der Waals surface area contributed by atoms with Gasteiger partial charge in [-0.3, -0.25) is 9.97 Å². The number of benzene rings is 2. The highest BCUT2D eigenvalue weighted by atomic mass is 16.5. The minimum absolute atomic E-state index is 0.658. The van der Waals surface area contributed by atoms with E-state index in [-0.39, 0.29) is 0 Å². The quantitative estimate of drug-likeness (QED) is 0.238. The molecular weight excluding hydrogens is 476 g/mol. The van der Waals surface area contributed by atoms with Crippen LogP contribution in [0.2, 0.25) is 0 Å². The van der Waals surface area contributed by atoms with Gasteiger partial charge in [0.2, 0.25) is 12.7 Å². The summed E-state index contributed by atoms with van der Waals surface area (Å²) in [7, 11) is 3.87. The largest absolute Gasteiger partial charge is 0.458 e. The first-order chi connectivity index (χ1) is 18.6. The molecule has 0 fully saturated rings. The van der Waals surface area contributed by atoms with E-state index < -0.39 is 0 Å². The zero-order chi connectivity index (χ0) is 25.9. The number of aryl methyl sites for hydroxylation is 2. The third-order valence-corrected chi connectivity index (χ3v) is 5.80. The SMILES string of the molecule is Cn1[c-][n+](-c2cccc(Oc3ccnc(-c4cc(Oc5cccc(-[n+]6[c-]n(C)cc6)c5)ccn4)c3)c2)cc1. The molecule has 0 bridgehead atoms. The fourth-order valence-corrected chi connectivity index (χ4v) is 3.99. The lowest BCUT2D eigenvalue weighted by atomic mass is 10.2. The lowest BCUT2D eigenvalue weighted by Gasteiger charge is -2.11. The molecule has 0 saturated heterocycles. The summed E-state index contributed by atoms with van der Waals surface area (Å²) in [5, 5.41) is 0. The van der Waals surface area contributed by atoms with Gasteiger partial charge in [-0.2, -0.15) is 0 Å². The molecule has 6 rings (SSSR count). The van der Waals surface area contributed by atoms with Crippen molar-refractivity contribution in [2.75, 3.05) is 0 Å². The van der Waals surface area contributed by atoms with Crippen molar-refractivity contribution in [2.24, 2.45) is 14.1 Å². The van der Waals surface area contributed by atoms with Gasteiger partial charge in [0.15, 0.2) is 0 Å². The normalized spacial score (nSPS) is 10.9. The van der Waals surface area contributed by atoms with Gasteiger partial charge >= 0.3 is 0 Å². The summed E-state index contributed by atoms with van der Waals surface area (Å²) < 4.78 is 19.9. The molecule has 0 aliphatic heterocycles. The fourth-order valence-electron chi connectivity index (χ4n) is 3.99. The first-order valence-corrected chi connectivity index (χ1v) is 12.0. The zero-order valence-electron chi connectivity index (χ0n) is 20.9. The van der Waals surface area contributed by atoms with Crippen molar-refractivity contribution in [2.45, 2.75) is 0 Å². The Balaban J connectivity index is 1.21. The number of rotatable bonds is 7. The molecule has 4 heterocycles. The lowest BCUT2D eigenvalue weighted by molar-refractivity contribution is -0.599. The van der Waals surface area contributed by atoms with Crippen LogP contribution in [0, 0.1) is 12.7 Å². The standard InChI is InChI=1S/C30H24N6O2/c1-33-13-15-35(21-33)23-5-3-7-25(17-23)37-27-9-11-31-29(19-27)30-20-28(10-12-32-30)38-26-8-4-6-24(18-26)36-16-14-34(2)22-36/h3-20H,1-2H3. The summed E-state index contributed by atoms with van der Waals surface area (Å²) in [6, 6.07) is 23.0. The predicted molar refractivity (Wildman–Crippen MR) is 139 cm³/mol. The molecule has 8 heteroatoms. The Morgan fingerprint density at radius 1 is 0.605 bits per heavy atom. The molecule has 0 unspecified atom stereocenters. The molecular formula is C30H24N6O2. The molecule has 186 valence electrons. The maximum absolute atomic E-state index is 6.15. The summed E-state index contributed by atoms with van der Waals surface area (Å²) in [6.45, 7) is 0. The summed E-state index contributed by atoms with van der Waals surface area (Å²) in [4.78, 5) is 9.01. The third-order valence-electron chi connectivity index (χ3n) is 5.80. The van der Waals surface area contributed by atoms with Gasteiger partial charge in [0.25, 0.3) is 0 Å². The van der Waals surface area contributed by atoms with Gasteiger partial charge in [-0.15, -0.1) is 0 Å². The van der Waals surface area contributed by atoms with Crippen LogP contribution in [0.3, 0.4) is 0 Å². The molecule has 0 atom stereocenters. The predicted octanol–water partition coefficient (Wildman–Crippen LogP) is 4.56. The molecule has 0 aliphatic rings. The fraction of sp³-hybridized carbons (Fsp3) is 0.0667. The van der Waals surface area contributed by atoms with E-state index in [1.165, 1.54) is 0 Å². The van der Waals surface area contributed by atoms with E-state index in [1.807, 2.05) is 130 Å². The highest BCUT2D eigenvalue weighted by molar-refractivity contribution is 5.58. The van der Waals surface area contributed by atoms with E-state index in [2.05, 4.69) is 22.6 Å². The van der Waals surface area contributed by atoms with Crippen LogP contribution in [0.4, 0.5) is 0 Å². The van der Waals surface area contributed by atoms with E-state index >= 15 is 0 Å². The van der Waals surface area contributed by atoms with E-state index in [1.54, 1.807) is 12.4 Å². The van der Waals surface area contributed by atoms with Crippen LogP contribution in [0.15, 0.2) is 110 Å². The Morgan fingerprint density at radius 2 is 1.05 bits per heavy atom. The van der Waals surface area contributed by atoms with E-state index in [4.69, 9.17) is 9.47 Å². The van der Waals surface area contributed by atoms with Crippen LogP contribution in [-0.2, 0) is 14.1 Å². The number of nitrogens with zero attached hydrogens (tertiary/aromatic N) is 6. The number of hydrogen-bond acceptors (Lipinski definition) is 4. The van der Waals surface area contributed by atoms with Crippen molar-refractivity contribution in [3.05, 3.63) is 123 Å². The Labute approximate surface area is 220 Å². The number of imidazole rings is 2. The van der Waals surface area contributed by atoms with Crippen molar-refractivity contribution in [3.8, 4) is 45.8 Å². The molecule has 0 N–H and O–H groups in total. The molecule has 8 nitrogen and oxygen atoms in total. The second-order valence-electron chi connectivity index (χ2n) is 8.71. The van der Waals surface area contributed by atoms with E-state index in [0.717, 1.165) is 11.4 Å². The van der Waals surface area contributed by atoms with Crippen molar-refractivity contribution in [3.63, 3.8) is 0 Å². The van der Waals surface area contributed by atoms with Gasteiger partial charge in [0.1, 0.15) is 23.0 Å². The van der Waals surface area contributed by atoms with Gasteiger partial charge in [0, 0.05) is 49.3 Å². The average Bonchev–Trinajstić information content (AvgIpc) is 3.58. The molecule has 6 aromatic rings. The van der Waals surface area contributed by atoms with Gasteiger partial charge in [-0.25, -0.2) is 0 Å². The summed E-state index contributed by atoms with van der Waals surface area (Å²) in [5.74, 6) is 2.74. The van der Waals surface area contributed by atoms with Crippen LogP contribution in [0.25, 0.3) is 22.8 Å². The summed E-state index contributed by atoms with van der Waals surface area (Å²) in [5.41, 5.74) is 3.27. The van der Waals surface area contributed by atoms with Crippen molar-refractivity contribution >= 4 is 0 Å². The first kappa shape index (κ1) is 23.2. The third kappa shape index (κ3) is 5.15. The molecule has 0 spiro atoms. The topological polar surface area (TPSA) is 61.9 Å². The number of ether oxygens (including phenoxy) is 2. The van der Waals surface area contributed by atoms with Crippen LogP contribution < -0.4 is 18.6 Å². The van der Waals surface area contributed by atoms with E-state index in [0.29, 0.717) is 34.4 Å². The van der Waals surface area contributed by atoms with Gasteiger partial charge < -0.3 is 27.7 Å². The first-order valence-electron chi connectivity index (χ1n) is 12.0. The number of aromatic nitrogens is 6. The number of pyridine rings is 2. The molecule has 0 saturated carbocycles. The zero-order valence-corrected chi connectivity index (χ0v) is 20.9. The Hall–Kier alpha value is -5.24. The minimum atomic E-state index is 0.658. The van der Waals surface area contributed by atoms with Crippen LogP contribution in [0.1, 0.15) is 0 Å². The molecule has 4 aromatic heterocycles. The second-order valence-corrected chi connectivity index (χ2v) is 8.71. The van der Waals surface area contributed by atoms with Crippen molar-refractivity contribution in [1.29, 1.82) is 0 Å². The lowest BCUT2D eigenvalue weighted by Crippen LogP contribution is -2.27. The van der Waals surface area contributed by atoms with Gasteiger partial charge in [-0.1, -0.05) is 24.3 Å². The highest BCUT2D eigenvalue weighted by Gasteiger charge is 2.08. The second kappa shape index (κ2) is 10.0. The van der Waals surface area contributed by atoms with E-state index in [9.17, 15) is 0 Å². The maximum Gasteiger partial charge on any atom is 0.243 e. The molecule has 0 amide bonds. The molecule has 2 aromatic carbocycles. The van der Waals surface area contributed by atoms with Gasteiger partial charge in [-0.05, 0) is 36.4 Å². The monoisotopic (exact) mass is 500 g/mol. The Bertz CT molecular complexity index is 1590. The number of hydrogen-bond donors (Lipinski definition) is 0. The summed E-state index contributed by atoms with van der Waals surface area (Å²) >= 11 is 0. The summed E-state index contributed by atoms with van der Waals surface area (Å²) in [6.07, 6.45) is 17.6. The Kier molecular flexibility index (Phi) is 6.11. The van der Waals surface area contributed by atoms with Crippen LogP contribution in [-0.4, -0.2) is 19.1 Å².